The molecule has 0 amide bonds. The molecule has 0 aliphatic rings. The number of nitrogens with two attached hydrogens (primary N) is 1. The van der Waals surface area contributed by atoms with E-state index in [0.717, 1.165) is 22.6 Å². The highest BCUT2D eigenvalue weighted by Crippen LogP contribution is 2.26. The lowest BCUT2D eigenvalue weighted by molar-refractivity contribution is 0.242. The van der Waals surface area contributed by atoms with Crippen molar-refractivity contribution < 1.29 is 4.74 Å². The zero-order chi connectivity index (χ0) is 13.1. The van der Waals surface area contributed by atoms with Gasteiger partial charge in [0.15, 0.2) is 0 Å². The van der Waals surface area contributed by atoms with E-state index in [4.69, 9.17) is 10.5 Å². The Labute approximate surface area is 108 Å². The molecule has 2 aromatic rings. The van der Waals surface area contributed by atoms with E-state index in [1.54, 1.807) is 0 Å². The molecular formula is C15H18N2O. The normalized spacial score (nSPS) is 10.7. The van der Waals surface area contributed by atoms with Crippen molar-refractivity contribution in [3.8, 4) is 17.0 Å². The summed E-state index contributed by atoms with van der Waals surface area (Å²) in [6.45, 7) is 5.99. The Morgan fingerprint density at radius 1 is 1.17 bits per heavy atom. The molecule has 0 unspecified atom stereocenters. The maximum atomic E-state index is 5.98. The van der Waals surface area contributed by atoms with Crippen LogP contribution in [0.2, 0.25) is 0 Å². The molecule has 94 valence electrons. The molecule has 0 fully saturated rings. The number of pyridine rings is 1. The summed E-state index contributed by atoms with van der Waals surface area (Å²) in [6, 6.07) is 9.77. The number of hydrogen-bond donors (Lipinski definition) is 1. The molecule has 2 N–H and O–H groups in total. The van der Waals surface area contributed by atoms with Crippen molar-refractivity contribution in [3.63, 3.8) is 0 Å². The zero-order valence-electron chi connectivity index (χ0n) is 11.0. The predicted molar refractivity (Wildman–Crippen MR) is 74.6 cm³/mol. The SMILES string of the molecule is Cc1cnc(-c2ccc(OC(C)C)cc2)c(N)c1. The van der Waals surface area contributed by atoms with Gasteiger partial charge in [-0.15, -0.1) is 0 Å². The molecule has 0 spiro atoms. The van der Waals surface area contributed by atoms with Crippen molar-refractivity contribution in [1.29, 1.82) is 0 Å². The fraction of sp³-hybridized carbons (Fsp3) is 0.267. The Kier molecular flexibility index (Phi) is 3.51. The largest absolute Gasteiger partial charge is 0.491 e. The third-order valence-corrected chi connectivity index (χ3v) is 2.55. The van der Waals surface area contributed by atoms with E-state index in [9.17, 15) is 0 Å². The number of nitrogens with zero attached hydrogens (tertiary/aromatic N) is 1. The third kappa shape index (κ3) is 2.80. The first-order chi connectivity index (χ1) is 8.56. The van der Waals surface area contributed by atoms with Crippen LogP contribution in [0, 0.1) is 6.92 Å². The zero-order valence-corrected chi connectivity index (χ0v) is 11.0. The van der Waals surface area contributed by atoms with Gasteiger partial charge in [-0.25, -0.2) is 0 Å². The summed E-state index contributed by atoms with van der Waals surface area (Å²) < 4.78 is 5.60. The number of aryl methyl sites for hydroxylation is 1. The first-order valence-corrected chi connectivity index (χ1v) is 6.05. The second-order valence-electron chi connectivity index (χ2n) is 4.64. The lowest BCUT2D eigenvalue weighted by atomic mass is 10.1. The minimum atomic E-state index is 0.179. The second kappa shape index (κ2) is 5.08. The molecule has 2 rings (SSSR count). The molecule has 1 aromatic heterocycles. The highest BCUT2D eigenvalue weighted by molar-refractivity contribution is 5.73. The van der Waals surface area contributed by atoms with Crippen LogP contribution in [0.25, 0.3) is 11.3 Å². The number of benzene rings is 1. The summed E-state index contributed by atoms with van der Waals surface area (Å²) in [5.41, 5.74) is 9.57. The molecule has 0 radical (unpaired) electrons. The van der Waals surface area contributed by atoms with E-state index < -0.39 is 0 Å². The lowest BCUT2D eigenvalue weighted by Gasteiger charge is -2.10. The van der Waals surface area contributed by atoms with Crippen LogP contribution in [0.1, 0.15) is 19.4 Å². The van der Waals surface area contributed by atoms with Gasteiger partial charge >= 0.3 is 0 Å². The summed E-state index contributed by atoms with van der Waals surface area (Å²) in [6.07, 6.45) is 2.00. The molecule has 0 bridgehead atoms. The quantitative estimate of drug-likeness (QED) is 0.897. The summed E-state index contributed by atoms with van der Waals surface area (Å²) in [5, 5.41) is 0. The van der Waals surface area contributed by atoms with Gasteiger partial charge in [0.1, 0.15) is 5.75 Å². The molecule has 0 saturated carbocycles. The Balaban J connectivity index is 2.28. The van der Waals surface area contributed by atoms with Crippen LogP contribution < -0.4 is 10.5 Å². The van der Waals surface area contributed by atoms with Gasteiger partial charge in [-0.3, -0.25) is 4.98 Å². The van der Waals surface area contributed by atoms with Crippen LogP contribution in [0.5, 0.6) is 5.75 Å². The van der Waals surface area contributed by atoms with Crippen molar-refractivity contribution in [3.05, 3.63) is 42.1 Å². The van der Waals surface area contributed by atoms with Crippen LogP contribution >= 0.6 is 0 Å². The van der Waals surface area contributed by atoms with E-state index in [1.165, 1.54) is 0 Å². The number of nitrogen functional groups attached to an aromatic ring is 1. The van der Waals surface area contributed by atoms with Crippen molar-refractivity contribution in [2.24, 2.45) is 0 Å². The van der Waals surface area contributed by atoms with Gasteiger partial charge in [-0.1, -0.05) is 0 Å². The molecule has 18 heavy (non-hydrogen) atoms. The van der Waals surface area contributed by atoms with Gasteiger partial charge in [0.2, 0.25) is 0 Å². The molecule has 0 aliphatic heterocycles. The molecule has 0 atom stereocenters. The van der Waals surface area contributed by atoms with Crippen molar-refractivity contribution in [2.75, 3.05) is 5.73 Å². The molecule has 1 heterocycles. The predicted octanol–water partition coefficient (Wildman–Crippen LogP) is 3.43. The number of rotatable bonds is 3. The van der Waals surface area contributed by atoms with Crippen LogP contribution in [-0.4, -0.2) is 11.1 Å². The van der Waals surface area contributed by atoms with E-state index >= 15 is 0 Å². The summed E-state index contributed by atoms with van der Waals surface area (Å²) in [4.78, 5) is 4.37. The molecule has 3 heteroatoms. The van der Waals surface area contributed by atoms with E-state index in [0.29, 0.717) is 5.69 Å². The van der Waals surface area contributed by atoms with Crippen LogP contribution in [0.15, 0.2) is 36.5 Å². The fourth-order valence-electron chi connectivity index (χ4n) is 1.80. The second-order valence-corrected chi connectivity index (χ2v) is 4.64. The first-order valence-electron chi connectivity index (χ1n) is 6.05. The average molecular weight is 242 g/mol. The summed E-state index contributed by atoms with van der Waals surface area (Å²) in [5.74, 6) is 0.861. The lowest BCUT2D eigenvalue weighted by Crippen LogP contribution is -2.05. The van der Waals surface area contributed by atoms with Crippen LogP contribution in [0.3, 0.4) is 0 Å². The van der Waals surface area contributed by atoms with Gasteiger partial charge in [-0.05, 0) is 56.7 Å². The topological polar surface area (TPSA) is 48.1 Å². The first kappa shape index (κ1) is 12.4. The standard InChI is InChI=1S/C15H18N2O/c1-10(2)18-13-6-4-12(5-7-13)15-14(16)8-11(3)9-17-15/h4-10H,16H2,1-3H3. The van der Waals surface area contributed by atoms with E-state index in [2.05, 4.69) is 4.98 Å². The van der Waals surface area contributed by atoms with Gasteiger partial charge in [0.25, 0.3) is 0 Å². The highest BCUT2D eigenvalue weighted by Gasteiger charge is 2.05. The smallest absolute Gasteiger partial charge is 0.119 e. The van der Waals surface area contributed by atoms with Crippen molar-refractivity contribution >= 4 is 5.69 Å². The number of hydrogen-bond acceptors (Lipinski definition) is 3. The molecule has 0 saturated heterocycles. The molecule has 3 nitrogen and oxygen atoms in total. The number of ether oxygens (including phenoxy) is 1. The van der Waals surface area contributed by atoms with Crippen LogP contribution in [0.4, 0.5) is 5.69 Å². The third-order valence-electron chi connectivity index (χ3n) is 2.55. The van der Waals surface area contributed by atoms with Crippen molar-refractivity contribution in [1.82, 2.24) is 4.98 Å². The monoisotopic (exact) mass is 242 g/mol. The minimum Gasteiger partial charge on any atom is -0.491 e. The Bertz CT molecular complexity index is 533. The molecular weight excluding hydrogens is 224 g/mol. The minimum absolute atomic E-state index is 0.179. The summed E-state index contributed by atoms with van der Waals surface area (Å²) >= 11 is 0. The van der Waals surface area contributed by atoms with Crippen LogP contribution in [-0.2, 0) is 0 Å². The Morgan fingerprint density at radius 2 is 1.83 bits per heavy atom. The number of aromatic nitrogens is 1. The Hall–Kier alpha value is -2.03. The molecule has 0 aliphatic carbocycles. The average Bonchev–Trinajstić information content (AvgIpc) is 2.30. The Morgan fingerprint density at radius 3 is 2.39 bits per heavy atom. The van der Waals surface area contributed by atoms with Gasteiger partial charge in [0, 0.05) is 11.8 Å². The molecule has 1 aromatic carbocycles. The van der Waals surface area contributed by atoms with Crippen molar-refractivity contribution in [2.45, 2.75) is 26.9 Å². The van der Waals surface area contributed by atoms with E-state index in [-0.39, 0.29) is 6.10 Å². The highest BCUT2D eigenvalue weighted by atomic mass is 16.5. The summed E-state index contributed by atoms with van der Waals surface area (Å²) in [7, 11) is 0. The maximum absolute atomic E-state index is 5.98. The van der Waals surface area contributed by atoms with Gasteiger partial charge < -0.3 is 10.5 Å². The number of anilines is 1. The fourth-order valence-corrected chi connectivity index (χ4v) is 1.80. The van der Waals surface area contributed by atoms with Gasteiger partial charge in [0.05, 0.1) is 17.5 Å². The maximum Gasteiger partial charge on any atom is 0.119 e. The van der Waals surface area contributed by atoms with E-state index in [1.807, 2.05) is 57.3 Å². The van der Waals surface area contributed by atoms with Gasteiger partial charge in [-0.2, -0.15) is 0 Å².